The molecular weight excluding hydrogens is 571 g/mol. The van der Waals surface area contributed by atoms with Crippen LogP contribution in [0.25, 0.3) is 11.1 Å². The molecule has 226 valence electrons. The quantitative estimate of drug-likeness (QED) is 0.329. The Hall–Kier alpha value is -3.77. The lowest BCUT2D eigenvalue weighted by molar-refractivity contribution is -0.130. The van der Waals surface area contributed by atoms with Crippen LogP contribution in [0.4, 0.5) is 18.9 Å². The summed E-state index contributed by atoms with van der Waals surface area (Å²) in [6.45, 7) is 7.64. The van der Waals surface area contributed by atoms with E-state index in [0.29, 0.717) is 6.54 Å². The van der Waals surface area contributed by atoms with Gasteiger partial charge in [0.05, 0.1) is 18.3 Å². The Morgan fingerprint density at radius 2 is 1.67 bits per heavy atom. The number of ether oxygens (including phenoxy) is 1. The topological polar surface area (TPSA) is 99.2 Å². The molecule has 0 aromatic heterocycles. The summed E-state index contributed by atoms with van der Waals surface area (Å²) in [6.07, 6.45) is -6.15. The van der Waals surface area contributed by atoms with Crippen molar-refractivity contribution in [2.45, 2.75) is 39.1 Å². The molecule has 0 spiro atoms. The van der Waals surface area contributed by atoms with Crippen LogP contribution in [0, 0.1) is 0 Å². The Labute approximate surface area is 243 Å². The van der Waals surface area contributed by atoms with Crippen molar-refractivity contribution in [2.24, 2.45) is 0 Å². The van der Waals surface area contributed by atoms with Crippen molar-refractivity contribution in [1.82, 2.24) is 9.62 Å². The maximum absolute atomic E-state index is 12.4. The summed E-state index contributed by atoms with van der Waals surface area (Å²) in [7, 11) is -4.41. The van der Waals surface area contributed by atoms with E-state index >= 15 is 0 Å². The maximum Gasteiger partial charge on any atom is 0.390 e. The Kier molecular flexibility index (Phi) is 9.67. The highest BCUT2D eigenvalue weighted by atomic mass is 32.2. The van der Waals surface area contributed by atoms with Gasteiger partial charge < -0.3 is 14.7 Å². The molecule has 0 aliphatic carbocycles. The van der Waals surface area contributed by atoms with Gasteiger partial charge in [0.25, 0.3) is 5.91 Å². The van der Waals surface area contributed by atoms with E-state index in [1.54, 1.807) is 35.1 Å². The minimum absolute atomic E-state index is 0.0112. The minimum Gasteiger partial charge on any atom is -0.508 e. The van der Waals surface area contributed by atoms with Crippen molar-refractivity contribution in [3.63, 3.8) is 0 Å². The summed E-state index contributed by atoms with van der Waals surface area (Å²) in [5, 5.41) is 9.95. The molecule has 0 saturated carbocycles. The molecule has 0 unspecified atom stereocenters. The number of nitrogens with one attached hydrogen (secondary N) is 1. The number of phenolic OH excluding ortho intramolecular Hbond substituents is 1. The van der Waals surface area contributed by atoms with Gasteiger partial charge in [0.15, 0.2) is 0 Å². The first kappa shape index (κ1) is 31.2. The highest BCUT2D eigenvalue weighted by Crippen LogP contribution is 2.30. The molecule has 4 rings (SSSR count). The number of carbonyl (C=O) groups is 1. The fourth-order valence-electron chi connectivity index (χ4n) is 4.69. The minimum atomic E-state index is -4.63. The third-order valence-corrected chi connectivity index (χ3v) is 7.93. The fraction of sp³-hybridized carbons (Fsp3) is 0.367. The first-order valence-electron chi connectivity index (χ1n) is 13.6. The van der Waals surface area contributed by atoms with E-state index in [1.165, 1.54) is 12.1 Å². The number of alkyl halides is 3. The van der Waals surface area contributed by atoms with Crippen LogP contribution in [0.3, 0.4) is 0 Å². The van der Waals surface area contributed by atoms with E-state index in [2.05, 4.69) is 15.9 Å². The molecule has 3 aromatic carbocycles. The summed E-state index contributed by atoms with van der Waals surface area (Å²) in [6, 6.07) is 19.5. The molecule has 1 fully saturated rings. The zero-order valence-electron chi connectivity index (χ0n) is 23.4. The van der Waals surface area contributed by atoms with Crippen LogP contribution in [0.15, 0.2) is 66.7 Å². The molecule has 1 aliphatic rings. The van der Waals surface area contributed by atoms with Gasteiger partial charge >= 0.3 is 6.18 Å². The number of nitrogens with zero attached hydrogens (tertiary/aromatic N) is 2. The standard InChI is InChI=1S/C30H34F3N3O5S/c1-21(2)41-28-17-22(16-25(19-28)24-4-3-5-27(37)18-24)20-35-11-13-36(14-12-35)26-8-6-23(7-9-26)29(38)34-42(39,40)15-10-30(31,32)33/h3-9,16-19,21,37H,10-15,20H2,1-2H3,(H,34,38). The average molecular weight is 606 g/mol. The van der Waals surface area contributed by atoms with Gasteiger partial charge in [-0.25, -0.2) is 13.1 Å². The Balaban J connectivity index is 1.36. The SMILES string of the molecule is CC(C)Oc1cc(CN2CCN(c3ccc(C(=O)NS(=O)(=O)CCC(F)(F)F)cc3)CC2)cc(-c2cccc(O)c2)c1. The van der Waals surface area contributed by atoms with E-state index in [0.717, 1.165) is 54.3 Å². The number of phenols is 1. The molecule has 1 amide bonds. The van der Waals surface area contributed by atoms with Crippen LogP contribution in [-0.4, -0.2) is 68.5 Å². The summed E-state index contributed by atoms with van der Waals surface area (Å²) in [5.74, 6) is -1.23. The normalized spacial score (nSPS) is 14.7. The van der Waals surface area contributed by atoms with E-state index in [4.69, 9.17) is 4.74 Å². The van der Waals surface area contributed by atoms with Gasteiger partial charge in [-0.15, -0.1) is 0 Å². The van der Waals surface area contributed by atoms with Crippen LogP contribution >= 0.6 is 0 Å². The largest absolute Gasteiger partial charge is 0.508 e. The molecule has 1 saturated heterocycles. The predicted octanol–water partition coefficient (Wildman–Crippen LogP) is 5.18. The number of carbonyl (C=O) groups excluding carboxylic acids is 1. The number of aromatic hydroxyl groups is 1. The lowest BCUT2D eigenvalue weighted by Gasteiger charge is -2.36. The molecular formula is C30H34F3N3O5S. The molecule has 1 aliphatic heterocycles. The van der Waals surface area contributed by atoms with Gasteiger partial charge in [0.2, 0.25) is 10.0 Å². The molecule has 2 N–H and O–H groups in total. The van der Waals surface area contributed by atoms with Crippen molar-refractivity contribution in [2.75, 3.05) is 36.8 Å². The second kappa shape index (κ2) is 13.0. The van der Waals surface area contributed by atoms with E-state index in [1.807, 2.05) is 32.0 Å². The molecule has 42 heavy (non-hydrogen) atoms. The number of halogens is 3. The molecule has 12 heteroatoms. The molecule has 0 atom stereocenters. The third-order valence-electron chi connectivity index (χ3n) is 6.69. The zero-order chi connectivity index (χ0) is 30.5. The fourth-order valence-corrected chi connectivity index (χ4v) is 5.69. The van der Waals surface area contributed by atoms with Crippen molar-refractivity contribution in [3.05, 3.63) is 77.9 Å². The Morgan fingerprint density at radius 1 is 0.976 bits per heavy atom. The van der Waals surface area contributed by atoms with Gasteiger partial charge in [-0.2, -0.15) is 13.2 Å². The number of rotatable bonds is 10. The first-order valence-corrected chi connectivity index (χ1v) is 15.2. The van der Waals surface area contributed by atoms with Crippen LogP contribution in [0.1, 0.15) is 36.2 Å². The third kappa shape index (κ3) is 9.12. The molecule has 8 nitrogen and oxygen atoms in total. The number of anilines is 1. The van der Waals surface area contributed by atoms with Crippen LogP contribution in [0.2, 0.25) is 0 Å². The highest BCUT2D eigenvalue weighted by Gasteiger charge is 2.30. The van der Waals surface area contributed by atoms with Gasteiger partial charge in [0.1, 0.15) is 11.5 Å². The van der Waals surface area contributed by atoms with E-state index in [9.17, 15) is 31.5 Å². The summed E-state index contributed by atoms with van der Waals surface area (Å²) < 4.78 is 68.4. The molecule has 0 bridgehead atoms. The van der Waals surface area contributed by atoms with Crippen LogP contribution in [0.5, 0.6) is 11.5 Å². The average Bonchev–Trinajstić information content (AvgIpc) is 2.91. The molecule has 1 heterocycles. The van der Waals surface area contributed by atoms with Crippen molar-refractivity contribution < 1.29 is 36.2 Å². The first-order chi connectivity index (χ1) is 19.8. The van der Waals surface area contributed by atoms with Gasteiger partial charge in [-0.05, 0) is 85.1 Å². The lowest BCUT2D eigenvalue weighted by Crippen LogP contribution is -2.46. The van der Waals surface area contributed by atoms with E-state index < -0.39 is 34.3 Å². The second-order valence-corrected chi connectivity index (χ2v) is 12.3. The van der Waals surface area contributed by atoms with Gasteiger partial charge in [-0.3, -0.25) is 9.69 Å². The predicted molar refractivity (Wildman–Crippen MR) is 155 cm³/mol. The van der Waals surface area contributed by atoms with Crippen molar-refractivity contribution in [1.29, 1.82) is 0 Å². The van der Waals surface area contributed by atoms with Crippen molar-refractivity contribution >= 4 is 21.6 Å². The number of sulfonamides is 1. The summed E-state index contributed by atoms with van der Waals surface area (Å²) in [4.78, 5) is 16.8. The highest BCUT2D eigenvalue weighted by molar-refractivity contribution is 7.90. The number of piperazine rings is 1. The smallest absolute Gasteiger partial charge is 0.390 e. The Bertz CT molecular complexity index is 1490. The summed E-state index contributed by atoms with van der Waals surface area (Å²) in [5.41, 5.74) is 3.82. The maximum atomic E-state index is 12.4. The Morgan fingerprint density at radius 3 is 2.29 bits per heavy atom. The van der Waals surface area contributed by atoms with Gasteiger partial charge in [-0.1, -0.05) is 12.1 Å². The van der Waals surface area contributed by atoms with Crippen LogP contribution in [-0.2, 0) is 16.6 Å². The van der Waals surface area contributed by atoms with Crippen molar-refractivity contribution in [3.8, 4) is 22.6 Å². The summed E-state index contributed by atoms with van der Waals surface area (Å²) >= 11 is 0. The monoisotopic (exact) mass is 605 g/mol. The molecule has 3 aromatic rings. The lowest BCUT2D eigenvalue weighted by atomic mass is 10.0. The number of benzene rings is 3. The molecule has 0 radical (unpaired) electrons. The van der Waals surface area contributed by atoms with E-state index in [-0.39, 0.29) is 17.4 Å². The number of hydrogen-bond acceptors (Lipinski definition) is 7. The number of hydrogen-bond donors (Lipinski definition) is 2. The van der Waals surface area contributed by atoms with Crippen LogP contribution < -0.4 is 14.4 Å². The van der Waals surface area contributed by atoms with Gasteiger partial charge in [0, 0.05) is 44.0 Å². The zero-order valence-corrected chi connectivity index (χ0v) is 24.2. The number of amides is 1. The second-order valence-electron chi connectivity index (χ2n) is 10.5.